The van der Waals surface area contributed by atoms with Crippen molar-refractivity contribution in [1.29, 1.82) is 0 Å². The van der Waals surface area contributed by atoms with Gasteiger partial charge in [-0.05, 0) is 65.3 Å². The van der Waals surface area contributed by atoms with Gasteiger partial charge in [0.2, 0.25) is 0 Å². The Kier molecular flexibility index (Phi) is 4.90. The lowest BCUT2D eigenvalue weighted by atomic mass is 9.78. The van der Waals surface area contributed by atoms with Crippen LogP contribution in [0.4, 0.5) is 0 Å². The molecule has 0 aliphatic carbocycles. The van der Waals surface area contributed by atoms with Crippen molar-refractivity contribution in [3.63, 3.8) is 0 Å². The van der Waals surface area contributed by atoms with Crippen LogP contribution < -0.4 is 10.2 Å². The number of benzene rings is 1. The Morgan fingerprint density at radius 1 is 1.09 bits per heavy atom. The minimum atomic E-state index is -0.325. The van der Waals surface area contributed by atoms with Crippen molar-refractivity contribution in [1.82, 2.24) is 4.90 Å². The number of hydrogen-bond acceptors (Lipinski definition) is 4. The molecule has 1 heterocycles. The minimum absolute atomic E-state index is 0.318. The van der Waals surface area contributed by atoms with Gasteiger partial charge in [0.1, 0.15) is 5.75 Å². The van der Waals surface area contributed by atoms with Crippen molar-refractivity contribution < 1.29 is 14.0 Å². The van der Waals surface area contributed by atoms with Crippen LogP contribution in [-0.2, 0) is 15.7 Å². The summed E-state index contributed by atoms with van der Waals surface area (Å²) < 4.78 is 17.7. The maximum Gasteiger partial charge on any atom is 0.494 e. The molecular formula is C17H28BNO3. The first-order valence-corrected chi connectivity index (χ1v) is 7.83. The van der Waals surface area contributed by atoms with Gasteiger partial charge in [-0.3, -0.25) is 0 Å². The minimum Gasteiger partial charge on any atom is -0.496 e. The molecule has 1 fully saturated rings. The van der Waals surface area contributed by atoms with Gasteiger partial charge in [-0.1, -0.05) is 12.1 Å². The summed E-state index contributed by atoms with van der Waals surface area (Å²) >= 11 is 0. The third-order valence-electron chi connectivity index (χ3n) is 4.66. The number of hydrogen-bond donors (Lipinski definition) is 0. The maximum atomic E-state index is 6.13. The molecule has 0 radical (unpaired) electrons. The SMILES string of the molecule is COc1ccc(B2OC(C)(C)C(C)(C)O2)cc1CCN(C)C. The molecule has 4 nitrogen and oxygen atoms in total. The Bertz CT molecular complexity index is 513. The Balaban J connectivity index is 2.24. The lowest BCUT2D eigenvalue weighted by molar-refractivity contribution is 0.00578. The lowest BCUT2D eigenvalue weighted by Gasteiger charge is -2.32. The van der Waals surface area contributed by atoms with E-state index < -0.39 is 0 Å². The van der Waals surface area contributed by atoms with Crippen LogP contribution in [-0.4, -0.2) is 51.0 Å². The largest absolute Gasteiger partial charge is 0.496 e. The van der Waals surface area contributed by atoms with E-state index in [2.05, 4.69) is 52.8 Å². The van der Waals surface area contributed by atoms with E-state index in [1.165, 1.54) is 5.56 Å². The second-order valence-corrected chi connectivity index (χ2v) is 7.21. The first kappa shape index (κ1) is 17.3. The second-order valence-electron chi connectivity index (χ2n) is 7.21. The van der Waals surface area contributed by atoms with E-state index in [1.54, 1.807) is 7.11 Å². The summed E-state index contributed by atoms with van der Waals surface area (Å²) in [5.74, 6) is 0.919. The van der Waals surface area contributed by atoms with Crippen molar-refractivity contribution in [2.75, 3.05) is 27.7 Å². The zero-order valence-corrected chi connectivity index (χ0v) is 14.9. The van der Waals surface area contributed by atoms with Crippen LogP contribution in [0.1, 0.15) is 33.3 Å². The van der Waals surface area contributed by atoms with E-state index in [0.29, 0.717) is 0 Å². The average Bonchev–Trinajstić information content (AvgIpc) is 2.64. The summed E-state index contributed by atoms with van der Waals surface area (Å²) in [7, 11) is 5.53. The Morgan fingerprint density at radius 2 is 1.68 bits per heavy atom. The van der Waals surface area contributed by atoms with Gasteiger partial charge < -0.3 is 18.9 Å². The van der Waals surface area contributed by atoms with Crippen LogP contribution in [0.15, 0.2) is 18.2 Å². The van der Waals surface area contributed by atoms with Gasteiger partial charge in [0.15, 0.2) is 0 Å². The van der Waals surface area contributed by atoms with Crippen molar-refractivity contribution >= 4 is 12.6 Å². The van der Waals surface area contributed by atoms with E-state index in [0.717, 1.165) is 24.2 Å². The molecule has 0 bridgehead atoms. The highest BCUT2D eigenvalue weighted by Crippen LogP contribution is 2.36. The highest BCUT2D eigenvalue weighted by molar-refractivity contribution is 6.62. The highest BCUT2D eigenvalue weighted by Gasteiger charge is 2.51. The van der Waals surface area contributed by atoms with Crippen LogP contribution in [0.2, 0.25) is 0 Å². The van der Waals surface area contributed by atoms with Gasteiger partial charge in [0, 0.05) is 6.54 Å². The molecule has 1 aromatic rings. The molecule has 0 N–H and O–H groups in total. The highest BCUT2D eigenvalue weighted by atomic mass is 16.7. The second kappa shape index (κ2) is 6.22. The van der Waals surface area contributed by atoms with Crippen LogP contribution in [0.3, 0.4) is 0 Å². The van der Waals surface area contributed by atoms with E-state index in [1.807, 2.05) is 12.1 Å². The number of ether oxygens (including phenoxy) is 1. The van der Waals surface area contributed by atoms with Crippen LogP contribution in [0, 0.1) is 0 Å². The topological polar surface area (TPSA) is 30.9 Å². The summed E-state index contributed by atoms with van der Waals surface area (Å²) in [5.41, 5.74) is 1.60. The fraction of sp³-hybridized carbons (Fsp3) is 0.647. The molecule has 2 rings (SSSR count). The molecule has 0 spiro atoms. The first-order chi connectivity index (χ1) is 10.2. The van der Waals surface area contributed by atoms with Gasteiger partial charge in [0.25, 0.3) is 0 Å². The molecule has 0 unspecified atom stereocenters. The Labute approximate surface area is 134 Å². The molecule has 1 saturated heterocycles. The van der Waals surface area contributed by atoms with Gasteiger partial charge >= 0.3 is 7.12 Å². The van der Waals surface area contributed by atoms with Gasteiger partial charge in [-0.25, -0.2) is 0 Å². The molecule has 1 aromatic carbocycles. The predicted octanol–water partition coefficient (Wildman–Crippen LogP) is 2.10. The average molecular weight is 305 g/mol. The Hall–Kier alpha value is -1.04. The lowest BCUT2D eigenvalue weighted by Crippen LogP contribution is -2.41. The molecule has 0 aromatic heterocycles. The van der Waals surface area contributed by atoms with Crippen LogP contribution in [0.25, 0.3) is 0 Å². The predicted molar refractivity (Wildman–Crippen MR) is 91.0 cm³/mol. The summed E-state index contributed by atoms with van der Waals surface area (Å²) in [5, 5.41) is 0. The monoisotopic (exact) mass is 305 g/mol. The van der Waals surface area contributed by atoms with Crippen molar-refractivity contribution in [3.05, 3.63) is 23.8 Å². The van der Waals surface area contributed by atoms with Crippen LogP contribution in [0.5, 0.6) is 5.75 Å². The summed E-state index contributed by atoms with van der Waals surface area (Å²) in [6, 6.07) is 6.18. The van der Waals surface area contributed by atoms with E-state index >= 15 is 0 Å². The third kappa shape index (κ3) is 3.48. The van der Waals surface area contributed by atoms with Crippen molar-refractivity contribution in [2.24, 2.45) is 0 Å². The van der Waals surface area contributed by atoms with Crippen molar-refractivity contribution in [2.45, 2.75) is 45.3 Å². The van der Waals surface area contributed by atoms with Gasteiger partial charge in [-0.15, -0.1) is 0 Å². The maximum absolute atomic E-state index is 6.13. The van der Waals surface area contributed by atoms with Gasteiger partial charge in [-0.2, -0.15) is 0 Å². The summed E-state index contributed by atoms with van der Waals surface area (Å²) in [4.78, 5) is 2.17. The first-order valence-electron chi connectivity index (χ1n) is 7.83. The molecule has 0 amide bonds. The zero-order valence-electron chi connectivity index (χ0n) is 14.9. The molecule has 22 heavy (non-hydrogen) atoms. The number of nitrogens with zero attached hydrogens (tertiary/aromatic N) is 1. The van der Waals surface area contributed by atoms with E-state index in [4.69, 9.17) is 14.0 Å². The molecule has 122 valence electrons. The summed E-state index contributed by atoms with van der Waals surface area (Å²) in [6.45, 7) is 9.27. The van der Waals surface area contributed by atoms with E-state index in [-0.39, 0.29) is 18.3 Å². The fourth-order valence-electron chi connectivity index (χ4n) is 2.46. The van der Waals surface area contributed by atoms with E-state index in [9.17, 15) is 0 Å². The molecule has 5 heteroatoms. The molecule has 0 saturated carbocycles. The number of rotatable bonds is 5. The van der Waals surface area contributed by atoms with Crippen molar-refractivity contribution in [3.8, 4) is 5.75 Å². The fourth-order valence-corrected chi connectivity index (χ4v) is 2.46. The molecule has 1 aliphatic rings. The standard InChI is InChI=1S/C17H28BNO3/c1-16(2)17(3,4)22-18(21-16)14-8-9-15(20-7)13(12-14)10-11-19(5)6/h8-9,12H,10-11H2,1-7H3. The van der Waals surface area contributed by atoms with Gasteiger partial charge in [0.05, 0.1) is 18.3 Å². The molecule has 1 aliphatic heterocycles. The zero-order chi connectivity index (χ0) is 16.5. The normalized spacial score (nSPS) is 19.7. The molecular weight excluding hydrogens is 277 g/mol. The Morgan fingerprint density at radius 3 is 2.18 bits per heavy atom. The molecule has 0 atom stereocenters. The third-order valence-corrected chi connectivity index (χ3v) is 4.66. The summed E-state index contributed by atoms with van der Waals surface area (Å²) in [6.07, 6.45) is 0.934. The smallest absolute Gasteiger partial charge is 0.494 e. The van der Waals surface area contributed by atoms with Crippen LogP contribution >= 0.6 is 0 Å². The number of methoxy groups -OCH3 is 1. The number of likely N-dealkylation sites (N-methyl/N-ethyl adjacent to an activating group) is 1. The quantitative estimate of drug-likeness (QED) is 0.780.